The molecule has 7 heteroatoms. The van der Waals surface area contributed by atoms with Gasteiger partial charge in [0.05, 0.1) is 17.8 Å². The summed E-state index contributed by atoms with van der Waals surface area (Å²) in [5.74, 6) is 0.717. The Morgan fingerprint density at radius 2 is 2.21 bits per heavy atom. The number of ether oxygens (including phenoxy) is 1. The normalized spacial score (nSPS) is 16.2. The zero-order valence-electron chi connectivity index (χ0n) is 16.3. The summed E-state index contributed by atoms with van der Waals surface area (Å²) in [6, 6.07) is 9.05. The Kier molecular flexibility index (Phi) is 5.32. The Hall–Kier alpha value is -2.80. The molecule has 0 spiro atoms. The van der Waals surface area contributed by atoms with Gasteiger partial charge in [-0.25, -0.2) is 5.43 Å². The van der Waals surface area contributed by atoms with Crippen LogP contribution in [0, 0.1) is 5.92 Å². The number of H-pyrrole nitrogens is 1. The van der Waals surface area contributed by atoms with Crippen LogP contribution >= 0.6 is 15.9 Å². The van der Waals surface area contributed by atoms with Crippen LogP contribution < -0.4 is 10.2 Å². The van der Waals surface area contributed by atoms with Crippen molar-refractivity contribution in [2.24, 2.45) is 11.0 Å². The first-order valence-corrected chi connectivity index (χ1v) is 10.3. The van der Waals surface area contributed by atoms with Crippen molar-refractivity contribution in [2.45, 2.75) is 26.2 Å². The number of amides is 1. The Morgan fingerprint density at radius 3 is 3.00 bits per heavy atom. The molecule has 1 aliphatic carbocycles. The summed E-state index contributed by atoms with van der Waals surface area (Å²) in [6.07, 6.45) is 4.76. The van der Waals surface area contributed by atoms with Crippen LogP contribution in [0.1, 0.15) is 40.5 Å². The fourth-order valence-corrected chi connectivity index (χ4v) is 4.21. The minimum Gasteiger partial charge on any atom is -0.503 e. The van der Waals surface area contributed by atoms with Gasteiger partial charge in [0.25, 0.3) is 5.91 Å². The molecule has 0 aliphatic heterocycles. The zero-order valence-corrected chi connectivity index (χ0v) is 17.8. The predicted octanol–water partition coefficient (Wildman–Crippen LogP) is 4.53. The molecule has 1 aromatic heterocycles. The highest BCUT2D eigenvalue weighted by Gasteiger charge is 2.20. The van der Waals surface area contributed by atoms with E-state index in [1.807, 2.05) is 12.1 Å². The first kappa shape index (κ1) is 19.5. The van der Waals surface area contributed by atoms with E-state index in [9.17, 15) is 9.90 Å². The SMILES string of the molecule is COc1ccc(/C=N\NC(=O)c2ccc3[nH]c4c(c3c2)CC(C)CC4)c(Br)c1O. The molecule has 2 aromatic carbocycles. The maximum Gasteiger partial charge on any atom is 0.271 e. The molecule has 1 unspecified atom stereocenters. The number of methoxy groups -OCH3 is 1. The molecule has 1 amide bonds. The van der Waals surface area contributed by atoms with E-state index in [1.54, 1.807) is 18.2 Å². The van der Waals surface area contributed by atoms with Crippen LogP contribution in [0.2, 0.25) is 0 Å². The third-order valence-electron chi connectivity index (χ3n) is 5.40. The number of nitrogens with one attached hydrogen (secondary N) is 2. The number of hydrazone groups is 1. The van der Waals surface area contributed by atoms with Gasteiger partial charge in [-0.2, -0.15) is 5.10 Å². The van der Waals surface area contributed by atoms with Crippen LogP contribution in [0.15, 0.2) is 39.9 Å². The topological polar surface area (TPSA) is 86.7 Å². The molecule has 6 nitrogen and oxygen atoms in total. The molecule has 3 aromatic rings. The molecule has 0 radical (unpaired) electrons. The number of aromatic amines is 1. The van der Waals surface area contributed by atoms with Crippen molar-refractivity contribution >= 4 is 39.0 Å². The highest BCUT2D eigenvalue weighted by atomic mass is 79.9. The number of halogens is 1. The quantitative estimate of drug-likeness (QED) is 0.398. The predicted molar refractivity (Wildman–Crippen MR) is 117 cm³/mol. The second kappa shape index (κ2) is 7.91. The summed E-state index contributed by atoms with van der Waals surface area (Å²) in [4.78, 5) is 16.1. The lowest BCUT2D eigenvalue weighted by molar-refractivity contribution is 0.0955. The van der Waals surface area contributed by atoms with Crippen LogP contribution in [0.5, 0.6) is 11.5 Å². The van der Waals surface area contributed by atoms with Gasteiger partial charge < -0.3 is 14.8 Å². The Balaban J connectivity index is 1.53. The fraction of sp³-hybridized carbons (Fsp3) is 0.273. The molecule has 1 aliphatic rings. The lowest BCUT2D eigenvalue weighted by Gasteiger charge is -2.18. The van der Waals surface area contributed by atoms with Gasteiger partial charge in [-0.05, 0) is 77.0 Å². The van der Waals surface area contributed by atoms with Crippen molar-refractivity contribution in [1.82, 2.24) is 10.4 Å². The maximum atomic E-state index is 12.6. The lowest BCUT2D eigenvalue weighted by Crippen LogP contribution is -2.17. The van der Waals surface area contributed by atoms with Gasteiger partial charge in [0, 0.05) is 27.7 Å². The molecular weight excluding hydrogens is 434 g/mol. The van der Waals surface area contributed by atoms with Gasteiger partial charge in [0.1, 0.15) is 0 Å². The van der Waals surface area contributed by atoms with Crippen LogP contribution in [-0.2, 0) is 12.8 Å². The van der Waals surface area contributed by atoms with E-state index in [0.29, 0.717) is 27.3 Å². The number of nitrogens with zero attached hydrogens (tertiary/aromatic N) is 1. The monoisotopic (exact) mass is 455 g/mol. The summed E-state index contributed by atoms with van der Waals surface area (Å²) in [5.41, 5.74) is 7.42. The number of carbonyl (C=O) groups excluding carboxylic acids is 1. The first-order valence-electron chi connectivity index (χ1n) is 9.50. The number of aromatic hydroxyl groups is 1. The Morgan fingerprint density at radius 1 is 1.38 bits per heavy atom. The molecule has 29 heavy (non-hydrogen) atoms. The van der Waals surface area contributed by atoms with Crippen molar-refractivity contribution in [3.63, 3.8) is 0 Å². The van der Waals surface area contributed by atoms with Crippen molar-refractivity contribution in [1.29, 1.82) is 0 Å². The van der Waals surface area contributed by atoms with E-state index in [0.717, 1.165) is 23.7 Å². The third-order valence-corrected chi connectivity index (χ3v) is 6.23. The van der Waals surface area contributed by atoms with E-state index in [-0.39, 0.29) is 11.7 Å². The molecule has 3 N–H and O–H groups in total. The summed E-state index contributed by atoms with van der Waals surface area (Å²) in [7, 11) is 1.48. The standard InChI is InChI=1S/C22H22BrN3O3/c1-12-3-6-17-15(9-12)16-10-13(4-7-18(16)25-17)22(28)26-24-11-14-5-8-19(29-2)21(27)20(14)23/h4-5,7-8,10-12,25,27H,3,6,9H2,1-2H3,(H,26,28)/b24-11-. The van der Waals surface area contributed by atoms with E-state index < -0.39 is 0 Å². The Bertz CT molecular complexity index is 1120. The third kappa shape index (κ3) is 3.74. The second-order valence-electron chi connectivity index (χ2n) is 7.41. The summed E-state index contributed by atoms with van der Waals surface area (Å²) in [5, 5.41) is 15.2. The molecule has 1 heterocycles. The first-order chi connectivity index (χ1) is 14.0. The highest BCUT2D eigenvalue weighted by molar-refractivity contribution is 9.10. The van der Waals surface area contributed by atoms with Gasteiger partial charge in [-0.3, -0.25) is 4.79 Å². The van der Waals surface area contributed by atoms with E-state index in [1.165, 1.54) is 31.0 Å². The zero-order chi connectivity index (χ0) is 20.5. The van der Waals surface area contributed by atoms with Gasteiger partial charge in [-0.1, -0.05) is 6.92 Å². The summed E-state index contributed by atoms with van der Waals surface area (Å²) < 4.78 is 5.51. The van der Waals surface area contributed by atoms with Crippen molar-refractivity contribution in [3.05, 3.63) is 57.2 Å². The number of aromatic nitrogens is 1. The van der Waals surface area contributed by atoms with E-state index >= 15 is 0 Å². The molecule has 0 bridgehead atoms. The van der Waals surface area contributed by atoms with Gasteiger partial charge >= 0.3 is 0 Å². The lowest BCUT2D eigenvalue weighted by atomic mass is 9.87. The van der Waals surface area contributed by atoms with Gasteiger partial charge in [0.15, 0.2) is 11.5 Å². The molecule has 0 saturated heterocycles. The number of phenolic OH excluding ortho intramolecular Hbond substituents is 1. The average Bonchev–Trinajstić information content (AvgIpc) is 3.08. The maximum absolute atomic E-state index is 12.6. The average molecular weight is 456 g/mol. The minimum atomic E-state index is -0.282. The van der Waals surface area contributed by atoms with Crippen LogP contribution in [0.4, 0.5) is 0 Å². The smallest absolute Gasteiger partial charge is 0.271 e. The molecular formula is C22H22BrN3O3. The molecule has 150 valence electrons. The molecule has 4 rings (SSSR count). The van der Waals surface area contributed by atoms with Crippen LogP contribution in [0.3, 0.4) is 0 Å². The molecule has 1 atom stereocenters. The molecule has 0 fully saturated rings. The summed E-state index contributed by atoms with van der Waals surface area (Å²) >= 11 is 3.31. The van der Waals surface area contributed by atoms with Crippen molar-refractivity contribution in [3.8, 4) is 11.5 Å². The number of hydrogen-bond donors (Lipinski definition) is 3. The van der Waals surface area contributed by atoms with Crippen molar-refractivity contribution < 1.29 is 14.6 Å². The number of benzene rings is 2. The fourth-order valence-electron chi connectivity index (χ4n) is 3.78. The largest absolute Gasteiger partial charge is 0.503 e. The number of aryl methyl sites for hydroxylation is 1. The second-order valence-corrected chi connectivity index (χ2v) is 8.20. The number of carbonyl (C=O) groups is 1. The van der Waals surface area contributed by atoms with Gasteiger partial charge in [0.2, 0.25) is 0 Å². The van der Waals surface area contributed by atoms with Crippen LogP contribution in [0.25, 0.3) is 10.9 Å². The Labute approximate surface area is 177 Å². The van der Waals surface area contributed by atoms with Crippen LogP contribution in [-0.4, -0.2) is 29.3 Å². The number of rotatable bonds is 4. The summed E-state index contributed by atoms with van der Waals surface area (Å²) in [6.45, 7) is 2.27. The highest BCUT2D eigenvalue weighted by Crippen LogP contribution is 2.36. The number of hydrogen-bond acceptors (Lipinski definition) is 4. The van der Waals surface area contributed by atoms with Crippen molar-refractivity contribution in [2.75, 3.05) is 7.11 Å². The van der Waals surface area contributed by atoms with E-state index in [2.05, 4.69) is 38.4 Å². The van der Waals surface area contributed by atoms with E-state index in [4.69, 9.17) is 4.74 Å². The molecule has 0 saturated carbocycles. The number of phenols is 1. The number of fused-ring (bicyclic) bond motifs is 3. The minimum absolute atomic E-state index is 0.0142. The van der Waals surface area contributed by atoms with Gasteiger partial charge in [-0.15, -0.1) is 0 Å².